The van der Waals surface area contributed by atoms with Crippen molar-refractivity contribution >= 4 is 17.6 Å². The molecule has 1 aromatic carbocycles. The van der Waals surface area contributed by atoms with Crippen LogP contribution in [0.25, 0.3) is 0 Å². The number of halogens is 1. The molecule has 1 fully saturated rings. The highest BCUT2D eigenvalue weighted by Gasteiger charge is 2.33. The Kier molecular flexibility index (Phi) is 4.22. The number of anilines is 1. The van der Waals surface area contributed by atoms with Gasteiger partial charge in [0.1, 0.15) is 11.9 Å². The first-order valence-electron chi connectivity index (χ1n) is 6.61. The molecule has 108 valence electrons. The van der Waals surface area contributed by atoms with Crippen molar-refractivity contribution in [3.8, 4) is 0 Å². The Morgan fingerprint density at radius 3 is 2.60 bits per heavy atom. The molecule has 2 N–H and O–H groups in total. The fraction of sp³-hybridized carbons (Fsp3) is 0.429. The average Bonchev–Trinajstić information content (AvgIpc) is 2.71. The van der Waals surface area contributed by atoms with Crippen molar-refractivity contribution in [1.82, 2.24) is 10.6 Å². The van der Waals surface area contributed by atoms with E-state index in [1.54, 1.807) is 17.0 Å². The average molecular weight is 279 g/mol. The zero-order chi connectivity index (χ0) is 14.7. The van der Waals surface area contributed by atoms with Gasteiger partial charge in [-0.2, -0.15) is 0 Å². The van der Waals surface area contributed by atoms with E-state index in [-0.39, 0.29) is 23.8 Å². The lowest BCUT2D eigenvalue weighted by Gasteiger charge is -2.18. The highest BCUT2D eigenvalue weighted by molar-refractivity contribution is 6.01. The highest BCUT2D eigenvalue weighted by Crippen LogP contribution is 2.21. The molecular formula is C14H18FN3O2. The van der Waals surface area contributed by atoms with Crippen LogP contribution in [-0.4, -0.2) is 30.6 Å². The third-order valence-corrected chi connectivity index (χ3v) is 3.07. The number of hydrogen-bond donors (Lipinski definition) is 2. The van der Waals surface area contributed by atoms with Crippen molar-refractivity contribution in [2.75, 3.05) is 11.4 Å². The van der Waals surface area contributed by atoms with Crippen LogP contribution in [0.15, 0.2) is 24.3 Å². The molecule has 0 spiro atoms. The van der Waals surface area contributed by atoms with Gasteiger partial charge in [0.2, 0.25) is 5.91 Å². The summed E-state index contributed by atoms with van der Waals surface area (Å²) in [7, 11) is 0. The molecule has 0 aliphatic carbocycles. The number of amides is 3. The van der Waals surface area contributed by atoms with E-state index in [4.69, 9.17) is 0 Å². The monoisotopic (exact) mass is 279 g/mol. The zero-order valence-electron chi connectivity index (χ0n) is 11.5. The van der Waals surface area contributed by atoms with Crippen LogP contribution in [0.3, 0.4) is 0 Å². The minimum absolute atomic E-state index is 0.0136. The first kappa shape index (κ1) is 14.3. The third-order valence-electron chi connectivity index (χ3n) is 3.07. The Labute approximate surface area is 117 Å². The minimum Gasteiger partial charge on any atom is -0.336 e. The molecule has 1 heterocycles. The molecule has 1 aliphatic rings. The molecule has 20 heavy (non-hydrogen) atoms. The summed E-state index contributed by atoms with van der Waals surface area (Å²) >= 11 is 0. The molecule has 5 nitrogen and oxygen atoms in total. The molecule has 0 bridgehead atoms. The van der Waals surface area contributed by atoms with Gasteiger partial charge in [0.05, 0.1) is 0 Å². The van der Waals surface area contributed by atoms with Crippen molar-refractivity contribution in [2.24, 2.45) is 0 Å². The van der Waals surface area contributed by atoms with E-state index < -0.39 is 6.04 Å². The van der Waals surface area contributed by atoms with Gasteiger partial charge in [-0.05, 0) is 44.5 Å². The van der Waals surface area contributed by atoms with E-state index in [0.29, 0.717) is 18.7 Å². The highest BCUT2D eigenvalue weighted by atomic mass is 19.1. The van der Waals surface area contributed by atoms with Crippen molar-refractivity contribution in [3.05, 3.63) is 30.1 Å². The van der Waals surface area contributed by atoms with Crippen molar-refractivity contribution < 1.29 is 14.0 Å². The van der Waals surface area contributed by atoms with Gasteiger partial charge in [-0.1, -0.05) is 0 Å². The lowest BCUT2D eigenvalue weighted by Crippen LogP contribution is -2.47. The van der Waals surface area contributed by atoms with Crippen molar-refractivity contribution in [1.29, 1.82) is 0 Å². The summed E-state index contributed by atoms with van der Waals surface area (Å²) in [6, 6.07) is 4.88. The van der Waals surface area contributed by atoms with Crippen molar-refractivity contribution in [3.63, 3.8) is 0 Å². The van der Waals surface area contributed by atoms with Crippen LogP contribution in [-0.2, 0) is 4.79 Å². The molecule has 3 amide bonds. The fourth-order valence-corrected chi connectivity index (χ4v) is 2.15. The summed E-state index contributed by atoms with van der Waals surface area (Å²) in [4.78, 5) is 25.4. The second kappa shape index (κ2) is 5.90. The molecule has 2 rings (SSSR count). The Morgan fingerprint density at radius 2 is 2.00 bits per heavy atom. The molecule has 6 heteroatoms. The molecule has 1 atom stereocenters. The molecule has 1 saturated heterocycles. The second-order valence-electron chi connectivity index (χ2n) is 5.08. The molecular weight excluding hydrogens is 261 g/mol. The topological polar surface area (TPSA) is 61.4 Å². The molecule has 0 aromatic heterocycles. The van der Waals surface area contributed by atoms with Crippen molar-refractivity contribution in [2.45, 2.75) is 32.4 Å². The summed E-state index contributed by atoms with van der Waals surface area (Å²) in [5.41, 5.74) is 0.643. The summed E-state index contributed by atoms with van der Waals surface area (Å²) < 4.78 is 12.9. The van der Waals surface area contributed by atoms with Crippen LogP contribution in [0.2, 0.25) is 0 Å². The standard InChI is InChI=1S/C14H18FN3O2/c1-9(2)16-14(20)17-12-7-8-18(13(12)19)11-5-3-10(15)4-6-11/h3-6,9,12H,7-8H2,1-2H3,(H2,16,17,20). The van der Waals surface area contributed by atoms with E-state index >= 15 is 0 Å². The first-order chi connectivity index (χ1) is 9.47. The molecule has 0 saturated carbocycles. The maximum Gasteiger partial charge on any atom is 0.315 e. The Morgan fingerprint density at radius 1 is 1.35 bits per heavy atom. The third kappa shape index (κ3) is 3.26. The van der Waals surface area contributed by atoms with Gasteiger partial charge < -0.3 is 15.5 Å². The van der Waals surface area contributed by atoms with Gasteiger partial charge >= 0.3 is 6.03 Å². The summed E-state index contributed by atoms with van der Waals surface area (Å²) in [5.74, 6) is -0.512. The summed E-state index contributed by atoms with van der Waals surface area (Å²) in [5, 5.41) is 5.34. The smallest absolute Gasteiger partial charge is 0.315 e. The largest absolute Gasteiger partial charge is 0.336 e. The minimum atomic E-state index is -0.529. The normalized spacial score (nSPS) is 18.5. The SMILES string of the molecule is CC(C)NC(=O)NC1CCN(c2ccc(F)cc2)C1=O. The number of benzene rings is 1. The number of nitrogens with one attached hydrogen (secondary N) is 2. The Hall–Kier alpha value is -2.11. The van der Waals surface area contributed by atoms with E-state index in [0.717, 1.165) is 0 Å². The number of rotatable bonds is 3. The maximum atomic E-state index is 12.9. The lowest BCUT2D eigenvalue weighted by molar-refractivity contribution is -0.118. The Balaban J connectivity index is 1.99. The van der Waals surface area contributed by atoms with E-state index in [1.807, 2.05) is 13.8 Å². The Bertz CT molecular complexity index is 502. The van der Waals surface area contributed by atoms with Crippen LogP contribution < -0.4 is 15.5 Å². The van der Waals surface area contributed by atoms with Gasteiger partial charge in [-0.25, -0.2) is 9.18 Å². The van der Waals surface area contributed by atoms with E-state index in [2.05, 4.69) is 10.6 Å². The van der Waals surface area contributed by atoms with Gasteiger partial charge in [-0.3, -0.25) is 4.79 Å². The quantitative estimate of drug-likeness (QED) is 0.883. The molecule has 1 aromatic rings. The molecule has 1 aliphatic heterocycles. The molecule has 1 unspecified atom stereocenters. The van der Waals surface area contributed by atoms with Gasteiger partial charge in [-0.15, -0.1) is 0 Å². The van der Waals surface area contributed by atoms with Crippen LogP contribution >= 0.6 is 0 Å². The summed E-state index contributed by atoms with van der Waals surface area (Å²) in [6.45, 7) is 4.21. The van der Waals surface area contributed by atoms with E-state index in [9.17, 15) is 14.0 Å². The zero-order valence-corrected chi connectivity index (χ0v) is 11.5. The second-order valence-corrected chi connectivity index (χ2v) is 5.08. The van der Waals surface area contributed by atoms with Crippen LogP contribution in [0, 0.1) is 5.82 Å². The van der Waals surface area contributed by atoms with Crippen LogP contribution in [0.5, 0.6) is 0 Å². The number of carbonyl (C=O) groups is 2. The predicted octanol–water partition coefficient (Wildman–Crippen LogP) is 1.64. The summed E-state index contributed by atoms with van der Waals surface area (Å²) in [6.07, 6.45) is 0.543. The maximum absolute atomic E-state index is 12.9. The predicted molar refractivity (Wildman–Crippen MR) is 74.0 cm³/mol. The lowest BCUT2D eigenvalue weighted by atomic mass is 10.2. The fourth-order valence-electron chi connectivity index (χ4n) is 2.15. The van der Waals surface area contributed by atoms with Crippen LogP contribution in [0.4, 0.5) is 14.9 Å². The number of hydrogen-bond acceptors (Lipinski definition) is 2. The number of carbonyl (C=O) groups excluding carboxylic acids is 2. The van der Waals surface area contributed by atoms with Gasteiger partial charge in [0.25, 0.3) is 0 Å². The van der Waals surface area contributed by atoms with E-state index in [1.165, 1.54) is 12.1 Å². The first-order valence-corrected chi connectivity index (χ1v) is 6.61. The molecule has 0 radical (unpaired) electrons. The number of nitrogens with zero attached hydrogens (tertiary/aromatic N) is 1. The van der Waals surface area contributed by atoms with Gasteiger partial charge in [0, 0.05) is 18.3 Å². The number of urea groups is 1. The van der Waals surface area contributed by atoms with Gasteiger partial charge in [0.15, 0.2) is 0 Å². The van der Waals surface area contributed by atoms with Crippen LogP contribution in [0.1, 0.15) is 20.3 Å².